The summed E-state index contributed by atoms with van der Waals surface area (Å²) in [7, 11) is 0. The van der Waals surface area contributed by atoms with Crippen LogP contribution in [0.2, 0.25) is 0 Å². The molecule has 2 aliphatic heterocycles. The Bertz CT molecular complexity index is 892. The summed E-state index contributed by atoms with van der Waals surface area (Å²) in [6.45, 7) is 5.41. The van der Waals surface area contributed by atoms with Crippen molar-refractivity contribution < 1.29 is 14.3 Å². The molecule has 1 spiro atoms. The van der Waals surface area contributed by atoms with Crippen LogP contribution in [0.3, 0.4) is 0 Å². The van der Waals surface area contributed by atoms with Gasteiger partial charge >= 0.3 is 0 Å². The predicted octanol–water partition coefficient (Wildman–Crippen LogP) is 2.13. The summed E-state index contributed by atoms with van der Waals surface area (Å²) in [5.41, 5.74) is 1.74. The second kappa shape index (κ2) is 7.31. The summed E-state index contributed by atoms with van der Waals surface area (Å²) in [5, 5.41) is 0. The van der Waals surface area contributed by atoms with Gasteiger partial charge in [-0.3, -0.25) is 9.59 Å². The molecule has 2 fully saturated rings. The van der Waals surface area contributed by atoms with Crippen molar-refractivity contribution in [3.8, 4) is 0 Å². The van der Waals surface area contributed by atoms with Gasteiger partial charge in [0.2, 0.25) is 0 Å². The first-order valence-electron chi connectivity index (χ1n) is 9.56. The fourth-order valence-corrected chi connectivity index (χ4v) is 3.94. The third kappa shape index (κ3) is 3.49. The molecule has 0 bridgehead atoms. The van der Waals surface area contributed by atoms with Gasteiger partial charge in [-0.15, -0.1) is 0 Å². The van der Waals surface area contributed by atoms with E-state index in [9.17, 15) is 9.59 Å². The van der Waals surface area contributed by atoms with Crippen molar-refractivity contribution in [2.75, 3.05) is 31.1 Å². The summed E-state index contributed by atoms with van der Waals surface area (Å²) in [4.78, 5) is 37.3. The zero-order chi connectivity index (χ0) is 19.7. The number of piperidine rings is 1. The van der Waals surface area contributed by atoms with Crippen LogP contribution in [0.5, 0.6) is 0 Å². The lowest BCUT2D eigenvalue weighted by molar-refractivity contribution is -0.143. The molecule has 3 heterocycles. The van der Waals surface area contributed by atoms with Gasteiger partial charge in [-0.05, 0) is 38.8 Å². The molecule has 0 saturated carbocycles. The molecule has 146 valence electrons. The number of carbonyl (C=O) groups excluding carboxylic acids is 2. The first-order valence-corrected chi connectivity index (χ1v) is 9.56. The highest BCUT2D eigenvalue weighted by Gasteiger charge is 2.43. The summed E-state index contributed by atoms with van der Waals surface area (Å²) >= 11 is 0. The summed E-state index contributed by atoms with van der Waals surface area (Å²) < 4.78 is 5.99. The number of anilines is 1. The minimum Gasteiger partial charge on any atom is -0.363 e. The maximum absolute atomic E-state index is 12.9. The van der Waals surface area contributed by atoms with Gasteiger partial charge < -0.3 is 14.5 Å². The lowest BCUT2D eigenvalue weighted by Crippen LogP contribution is -2.59. The standard InChI is InChI=1S/C21H24N4O3/c1-15-18(12-22-16(2)23-15)20(27)24-10-8-21(9-11-24)14-25(19(26)13-28-21)17-6-4-3-5-7-17/h3-7,12H,8-11,13-14H2,1-2H3. The van der Waals surface area contributed by atoms with Crippen molar-refractivity contribution in [2.45, 2.75) is 32.3 Å². The number of carbonyl (C=O) groups is 2. The number of hydrogen-bond acceptors (Lipinski definition) is 5. The Kier molecular flexibility index (Phi) is 4.85. The summed E-state index contributed by atoms with van der Waals surface area (Å²) in [5.74, 6) is 0.592. The lowest BCUT2D eigenvalue weighted by Gasteiger charge is -2.47. The number of para-hydroxylation sites is 1. The molecule has 0 aliphatic carbocycles. The van der Waals surface area contributed by atoms with Crippen LogP contribution < -0.4 is 4.90 Å². The molecule has 4 rings (SSSR count). The van der Waals surface area contributed by atoms with Gasteiger partial charge in [0.15, 0.2) is 0 Å². The Morgan fingerprint density at radius 1 is 1.14 bits per heavy atom. The Morgan fingerprint density at radius 3 is 2.54 bits per heavy atom. The van der Waals surface area contributed by atoms with E-state index in [0.29, 0.717) is 49.6 Å². The normalized spacial score (nSPS) is 19.1. The Hall–Kier alpha value is -2.80. The first kappa shape index (κ1) is 18.6. The van der Waals surface area contributed by atoms with Crippen molar-refractivity contribution in [3.05, 3.63) is 53.6 Å². The molecule has 7 heteroatoms. The highest BCUT2D eigenvalue weighted by atomic mass is 16.5. The molecule has 1 aromatic carbocycles. The third-order valence-electron chi connectivity index (χ3n) is 5.61. The number of rotatable bonds is 2. The van der Waals surface area contributed by atoms with E-state index in [0.717, 1.165) is 5.69 Å². The van der Waals surface area contributed by atoms with Crippen LogP contribution in [-0.4, -0.2) is 58.5 Å². The predicted molar refractivity (Wildman–Crippen MR) is 104 cm³/mol. The van der Waals surface area contributed by atoms with E-state index in [2.05, 4.69) is 9.97 Å². The van der Waals surface area contributed by atoms with Crippen molar-refractivity contribution in [2.24, 2.45) is 0 Å². The molecule has 0 atom stereocenters. The van der Waals surface area contributed by atoms with Crippen molar-refractivity contribution in [1.29, 1.82) is 0 Å². The zero-order valence-electron chi connectivity index (χ0n) is 16.2. The van der Waals surface area contributed by atoms with Gasteiger partial charge in [0, 0.05) is 25.0 Å². The van der Waals surface area contributed by atoms with Gasteiger partial charge in [0.25, 0.3) is 11.8 Å². The minimum atomic E-state index is -0.403. The summed E-state index contributed by atoms with van der Waals surface area (Å²) in [6, 6.07) is 9.67. The number of ether oxygens (including phenoxy) is 1. The molecule has 2 aromatic rings. The monoisotopic (exact) mass is 380 g/mol. The van der Waals surface area contributed by atoms with Gasteiger partial charge in [-0.25, -0.2) is 9.97 Å². The van der Waals surface area contributed by atoms with E-state index in [1.54, 1.807) is 11.1 Å². The lowest BCUT2D eigenvalue weighted by atomic mass is 9.88. The number of benzene rings is 1. The number of likely N-dealkylation sites (tertiary alicyclic amines) is 1. The topological polar surface area (TPSA) is 75.6 Å². The molecular formula is C21H24N4O3. The van der Waals surface area contributed by atoms with Gasteiger partial charge in [0.1, 0.15) is 12.4 Å². The van der Waals surface area contributed by atoms with E-state index >= 15 is 0 Å². The van der Waals surface area contributed by atoms with Crippen LogP contribution in [-0.2, 0) is 9.53 Å². The van der Waals surface area contributed by atoms with Crippen LogP contribution in [0.25, 0.3) is 0 Å². The Balaban J connectivity index is 1.45. The molecule has 7 nitrogen and oxygen atoms in total. The van der Waals surface area contributed by atoms with Crippen LogP contribution in [0.15, 0.2) is 36.5 Å². The Labute approximate surface area is 164 Å². The molecule has 2 amide bonds. The van der Waals surface area contributed by atoms with E-state index in [1.807, 2.05) is 49.1 Å². The van der Waals surface area contributed by atoms with Crippen LogP contribution in [0, 0.1) is 13.8 Å². The van der Waals surface area contributed by atoms with E-state index in [-0.39, 0.29) is 18.4 Å². The van der Waals surface area contributed by atoms with Crippen LogP contribution in [0.4, 0.5) is 5.69 Å². The van der Waals surface area contributed by atoms with Crippen LogP contribution >= 0.6 is 0 Å². The fourth-order valence-electron chi connectivity index (χ4n) is 3.94. The molecule has 1 aromatic heterocycles. The SMILES string of the molecule is Cc1ncc(C(=O)N2CCC3(CC2)CN(c2ccccc2)C(=O)CO3)c(C)n1. The molecular weight excluding hydrogens is 356 g/mol. The second-order valence-corrected chi connectivity index (χ2v) is 7.50. The number of aryl methyl sites for hydroxylation is 2. The Morgan fingerprint density at radius 2 is 1.86 bits per heavy atom. The number of aromatic nitrogens is 2. The maximum Gasteiger partial charge on any atom is 0.257 e. The third-order valence-corrected chi connectivity index (χ3v) is 5.61. The quantitative estimate of drug-likeness (QED) is 0.798. The van der Waals surface area contributed by atoms with E-state index in [4.69, 9.17) is 4.74 Å². The highest BCUT2D eigenvalue weighted by molar-refractivity contribution is 5.96. The molecule has 28 heavy (non-hydrogen) atoms. The number of nitrogens with zero attached hydrogens (tertiary/aromatic N) is 4. The molecule has 2 saturated heterocycles. The first-order chi connectivity index (χ1) is 13.5. The smallest absolute Gasteiger partial charge is 0.257 e. The van der Waals surface area contributed by atoms with Gasteiger partial charge in [0.05, 0.1) is 23.4 Å². The van der Waals surface area contributed by atoms with E-state index in [1.165, 1.54) is 0 Å². The van der Waals surface area contributed by atoms with Crippen LogP contribution in [0.1, 0.15) is 34.7 Å². The number of hydrogen-bond donors (Lipinski definition) is 0. The van der Waals surface area contributed by atoms with Crippen molar-refractivity contribution in [3.63, 3.8) is 0 Å². The number of morpholine rings is 1. The maximum atomic E-state index is 12.9. The average molecular weight is 380 g/mol. The number of amides is 2. The molecule has 0 radical (unpaired) electrons. The minimum absolute atomic E-state index is 0.0252. The zero-order valence-corrected chi connectivity index (χ0v) is 16.2. The molecule has 0 unspecified atom stereocenters. The average Bonchev–Trinajstić information content (AvgIpc) is 2.71. The largest absolute Gasteiger partial charge is 0.363 e. The van der Waals surface area contributed by atoms with E-state index < -0.39 is 5.60 Å². The van der Waals surface area contributed by atoms with Gasteiger partial charge in [-0.1, -0.05) is 18.2 Å². The fraction of sp³-hybridized carbons (Fsp3) is 0.429. The van der Waals surface area contributed by atoms with Crippen molar-refractivity contribution >= 4 is 17.5 Å². The molecule has 2 aliphatic rings. The van der Waals surface area contributed by atoms with Gasteiger partial charge in [-0.2, -0.15) is 0 Å². The highest BCUT2D eigenvalue weighted by Crippen LogP contribution is 2.33. The van der Waals surface area contributed by atoms with Crippen molar-refractivity contribution in [1.82, 2.24) is 14.9 Å². The molecule has 0 N–H and O–H groups in total. The second-order valence-electron chi connectivity index (χ2n) is 7.50. The summed E-state index contributed by atoms with van der Waals surface area (Å²) in [6.07, 6.45) is 3.00.